The Morgan fingerprint density at radius 1 is 1.25 bits per heavy atom. The Kier molecular flexibility index (Phi) is 6.32. The van der Waals surface area contributed by atoms with Crippen LogP contribution >= 0.6 is 0 Å². The maximum absolute atomic E-state index is 11.2. The highest BCUT2D eigenvalue weighted by Crippen LogP contribution is 2.27. The molecule has 0 saturated heterocycles. The monoisotopic (exact) mass is 326 g/mol. The highest BCUT2D eigenvalue weighted by Gasteiger charge is 2.13. The zero-order valence-electron chi connectivity index (χ0n) is 14.9. The van der Waals surface area contributed by atoms with E-state index in [2.05, 4.69) is 28.6 Å². The van der Waals surface area contributed by atoms with Crippen molar-refractivity contribution in [2.45, 2.75) is 26.8 Å². The van der Waals surface area contributed by atoms with Crippen LogP contribution in [0.2, 0.25) is 0 Å². The second kappa shape index (κ2) is 8.45. The van der Waals surface area contributed by atoms with Crippen molar-refractivity contribution < 1.29 is 4.79 Å². The Morgan fingerprint density at radius 2 is 2.04 bits per heavy atom. The van der Waals surface area contributed by atoms with Crippen LogP contribution in [0.25, 0.3) is 11.1 Å². The molecule has 128 valence electrons. The minimum Gasteiger partial charge on any atom is -0.312 e. The first-order valence-electron chi connectivity index (χ1n) is 8.40. The summed E-state index contributed by atoms with van der Waals surface area (Å²) in [5.41, 5.74) is 5.69. The van der Waals surface area contributed by atoms with Gasteiger partial charge in [0.05, 0.1) is 0 Å². The number of benzene rings is 1. The first kappa shape index (κ1) is 17.9. The summed E-state index contributed by atoms with van der Waals surface area (Å²) in [5.74, 6) is 0. The first-order valence-corrected chi connectivity index (χ1v) is 8.40. The van der Waals surface area contributed by atoms with Crippen molar-refractivity contribution in [2.24, 2.45) is 5.10 Å². The second-order valence-electron chi connectivity index (χ2n) is 5.60. The van der Waals surface area contributed by atoms with E-state index in [9.17, 15) is 4.79 Å². The Morgan fingerprint density at radius 3 is 2.75 bits per heavy atom. The fourth-order valence-electron chi connectivity index (χ4n) is 2.84. The largest absolute Gasteiger partial charge is 0.312 e. The van der Waals surface area contributed by atoms with E-state index in [0.29, 0.717) is 5.49 Å². The summed E-state index contributed by atoms with van der Waals surface area (Å²) < 4.78 is 1.49. The molecule has 0 saturated carbocycles. The molecule has 0 atom stereocenters. The van der Waals surface area contributed by atoms with Crippen molar-refractivity contribution in [3.63, 3.8) is 0 Å². The van der Waals surface area contributed by atoms with E-state index < -0.39 is 0 Å². The van der Waals surface area contributed by atoms with Crippen molar-refractivity contribution in [1.29, 1.82) is 0 Å². The van der Waals surface area contributed by atoms with Gasteiger partial charge < -0.3 is 10.3 Å². The van der Waals surface area contributed by atoms with E-state index >= 15 is 0 Å². The van der Waals surface area contributed by atoms with Crippen molar-refractivity contribution >= 4 is 6.41 Å². The maximum atomic E-state index is 11.2. The number of hydrogen-bond donors (Lipinski definition) is 1. The number of carbonyl (C=O) groups is 1. The highest BCUT2D eigenvalue weighted by atomic mass is 16.1. The van der Waals surface area contributed by atoms with Crippen LogP contribution in [0.15, 0.2) is 41.6 Å². The summed E-state index contributed by atoms with van der Waals surface area (Å²) in [6.07, 6.45) is 3.57. The quantitative estimate of drug-likeness (QED) is 0.695. The standard InChI is InChI=1S/C17H20N4O.C2H6/c1-20(2)19-17-10-13(7-9-21(17)12-22)15-5-3-4-14-11-18-8-6-16(14)15;1-2/h3-5,7,9-10,12,18H,6,8,11H2,1-2H3;1-2H3/b19-17-;. The van der Waals surface area contributed by atoms with Gasteiger partial charge in [-0.2, -0.15) is 5.10 Å². The van der Waals surface area contributed by atoms with Crippen LogP contribution < -0.4 is 10.8 Å². The third-order valence-corrected chi connectivity index (χ3v) is 3.83. The van der Waals surface area contributed by atoms with Gasteiger partial charge in [0.2, 0.25) is 6.41 Å². The topological polar surface area (TPSA) is 49.6 Å². The molecule has 0 aliphatic carbocycles. The van der Waals surface area contributed by atoms with Gasteiger partial charge in [0.1, 0.15) is 0 Å². The number of carbonyl (C=O) groups excluding carboxylic acids is 1. The summed E-state index contributed by atoms with van der Waals surface area (Å²) >= 11 is 0. The summed E-state index contributed by atoms with van der Waals surface area (Å²) in [6, 6.07) is 10.3. The van der Waals surface area contributed by atoms with Gasteiger partial charge in [0.15, 0.2) is 5.49 Å². The average molecular weight is 326 g/mol. The number of pyridine rings is 1. The minimum absolute atomic E-state index is 0.629. The molecule has 0 fully saturated rings. The predicted octanol–water partition coefficient (Wildman–Crippen LogP) is 2.24. The predicted molar refractivity (Wildman–Crippen MR) is 98.0 cm³/mol. The molecule has 0 spiro atoms. The van der Waals surface area contributed by atoms with Gasteiger partial charge >= 0.3 is 0 Å². The Labute approximate surface area is 143 Å². The molecule has 1 aromatic heterocycles. The fraction of sp³-hybridized carbons (Fsp3) is 0.368. The zero-order valence-corrected chi connectivity index (χ0v) is 14.9. The average Bonchev–Trinajstić information content (AvgIpc) is 2.62. The zero-order chi connectivity index (χ0) is 17.5. The molecule has 1 N–H and O–H groups in total. The van der Waals surface area contributed by atoms with Crippen molar-refractivity contribution in [3.8, 4) is 11.1 Å². The lowest BCUT2D eigenvalue weighted by atomic mass is 9.92. The maximum Gasteiger partial charge on any atom is 0.219 e. The van der Waals surface area contributed by atoms with E-state index in [1.54, 1.807) is 11.2 Å². The van der Waals surface area contributed by atoms with E-state index in [-0.39, 0.29) is 0 Å². The van der Waals surface area contributed by atoms with Gasteiger partial charge in [-0.3, -0.25) is 9.36 Å². The van der Waals surface area contributed by atoms with E-state index in [4.69, 9.17) is 0 Å². The number of fused-ring (bicyclic) bond motifs is 1. The van der Waals surface area contributed by atoms with Crippen LogP contribution in [0, 0.1) is 0 Å². The van der Waals surface area contributed by atoms with Crippen molar-refractivity contribution in [2.75, 3.05) is 20.6 Å². The van der Waals surface area contributed by atoms with Crippen LogP contribution in [0.1, 0.15) is 25.0 Å². The summed E-state index contributed by atoms with van der Waals surface area (Å²) in [5, 5.41) is 9.48. The smallest absolute Gasteiger partial charge is 0.219 e. The van der Waals surface area contributed by atoms with E-state index in [0.717, 1.165) is 31.5 Å². The Hall–Kier alpha value is -2.40. The molecule has 3 rings (SSSR count). The molecule has 5 heteroatoms. The molecule has 0 unspecified atom stereocenters. The van der Waals surface area contributed by atoms with Crippen molar-refractivity contribution in [3.05, 3.63) is 53.1 Å². The van der Waals surface area contributed by atoms with Crippen LogP contribution in [0.3, 0.4) is 0 Å². The Bertz CT molecular complexity index is 762. The lowest BCUT2D eigenvalue weighted by molar-refractivity contribution is 0.414. The molecular formula is C19H26N4O. The molecule has 1 aromatic carbocycles. The fourth-order valence-corrected chi connectivity index (χ4v) is 2.84. The summed E-state index contributed by atoms with van der Waals surface area (Å²) in [7, 11) is 3.69. The molecule has 1 aliphatic rings. The molecular weight excluding hydrogens is 300 g/mol. The van der Waals surface area contributed by atoms with Crippen molar-refractivity contribution in [1.82, 2.24) is 14.9 Å². The molecule has 0 amide bonds. The second-order valence-corrected chi connectivity index (χ2v) is 5.60. The van der Waals surface area contributed by atoms with Gasteiger partial charge in [0, 0.05) is 26.8 Å². The van der Waals surface area contributed by atoms with E-state index in [1.165, 1.54) is 21.3 Å². The summed E-state index contributed by atoms with van der Waals surface area (Å²) in [6.45, 7) is 5.92. The molecule has 5 nitrogen and oxygen atoms in total. The van der Waals surface area contributed by atoms with Gasteiger partial charge in [-0.05, 0) is 47.4 Å². The molecule has 1 aliphatic heterocycles. The van der Waals surface area contributed by atoms with Crippen LogP contribution in [0.5, 0.6) is 0 Å². The highest BCUT2D eigenvalue weighted by molar-refractivity contribution is 5.69. The van der Waals surface area contributed by atoms with Gasteiger partial charge in [0.25, 0.3) is 0 Å². The van der Waals surface area contributed by atoms with Gasteiger partial charge in [-0.15, -0.1) is 0 Å². The molecule has 0 radical (unpaired) electrons. The lowest BCUT2D eigenvalue weighted by Crippen LogP contribution is -2.25. The molecule has 2 aromatic rings. The third kappa shape index (κ3) is 3.92. The van der Waals surface area contributed by atoms with Crippen LogP contribution in [-0.2, 0) is 17.8 Å². The number of rotatable bonds is 3. The minimum atomic E-state index is 0.629. The number of nitrogens with one attached hydrogen (secondary N) is 1. The lowest BCUT2D eigenvalue weighted by Gasteiger charge is -2.20. The number of aromatic nitrogens is 1. The summed E-state index contributed by atoms with van der Waals surface area (Å²) in [4.78, 5) is 11.2. The molecule has 2 heterocycles. The van der Waals surface area contributed by atoms with Gasteiger partial charge in [-0.25, -0.2) is 0 Å². The molecule has 0 bridgehead atoms. The number of nitrogens with zero attached hydrogens (tertiary/aromatic N) is 3. The van der Waals surface area contributed by atoms with Gasteiger partial charge in [-0.1, -0.05) is 32.0 Å². The normalized spacial score (nSPS) is 13.6. The SMILES string of the molecule is CC.CN(C)/N=c1/cc(-c2cccc3c2CCNC3)ccn1C=O. The van der Waals surface area contributed by atoms with Crippen LogP contribution in [-0.4, -0.2) is 36.6 Å². The van der Waals surface area contributed by atoms with E-state index in [1.807, 2.05) is 40.1 Å². The third-order valence-electron chi connectivity index (χ3n) is 3.83. The molecule has 24 heavy (non-hydrogen) atoms. The first-order chi connectivity index (χ1) is 11.7. The number of hydrogen-bond acceptors (Lipinski definition) is 4. The van der Waals surface area contributed by atoms with Crippen LogP contribution in [0.4, 0.5) is 0 Å². The Balaban J connectivity index is 0.00000100.